The molecule has 0 saturated carbocycles. The van der Waals surface area contributed by atoms with Gasteiger partial charge in [-0.2, -0.15) is 13.5 Å². The van der Waals surface area contributed by atoms with Crippen molar-refractivity contribution in [3.63, 3.8) is 0 Å². The Kier molecular flexibility index (Phi) is 4.91. The van der Waals surface area contributed by atoms with Gasteiger partial charge in [0, 0.05) is 6.07 Å². The van der Waals surface area contributed by atoms with Crippen molar-refractivity contribution in [3.05, 3.63) is 12.3 Å². The van der Waals surface area contributed by atoms with Crippen molar-refractivity contribution < 1.29 is 48.4 Å². The fourth-order valence-corrected chi connectivity index (χ4v) is 1.17. The number of aromatic nitrogens is 2. The van der Waals surface area contributed by atoms with Gasteiger partial charge in [0.15, 0.2) is 0 Å². The number of hydrogen-bond donors (Lipinski definition) is 3. The number of nitrogens with one attached hydrogen (secondary N) is 2. The molecule has 0 aliphatic carbocycles. The molecule has 10 heteroatoms. The summed E-state index contributed by atoms with van der Waals surface area (Å²) in [5.41, 5.74) is 4.57. The first-order valence-electron chi connectivity index (χ1n) is 3.00. The van der Waals surface area contributed by atoms with Crippen LogP contribution >= 0.6 is 0 Å². The molecular weight excluding hydrogens is 223 g/mol. The third-order valence-electron chi connectivity index (χ3n) is 0.900. The zero-order chi connectivity index (χ0) is 9.90. The Morgan fingerprint density at radius 3 is 2.79 bits per heavy atom. The van der Waals surface area contributed by atoms with Gasteiger partial charge in [-0.1, -0.05) is 0 Å². The van der Waals surface area contributed by atoms with Crippen molar-refractivity contribution in [1.82, 2.24) is 14.9 Å². The van der Waals surface area contributed by atoms with Gasteiger partial charge >= 0.3 is 45.9 Å². The summed E-state index contributed by atoms with van der Waals surface area (Å²) in [6.07, 6.45) is 1.29. The number of hydrogen-bond acceptors (Lipinski definition) is 5. The van der Waals surface area contributed by atoms with E-state index in [1.165, 1.54) is 17.0 Å². The van der Waals surface area contributed by atoms with E-state index in [2.05, 4.69) is 20.1 Å². The summed E-state index contributed by atoms with van der Waals surface area (Å²) >= 11 is 0. The van der Waals surface area contributed by atoms with Gasteiger partial charge in [-0.3, -0.25) is 0 Å². The van der Waals surface area contributed by atoms with Crippen LogP contribution in [0.1, 0.15) is 1.43 Å². The molecule has 0 saturated heterocycles. The quantitative estimate of drug-likeness (QED) is 0.454. The summed E-state index contributed by atoms with van der Waals surface area (Å²) < 4.78 is 27.3. The molecule has 1 heterocycles. The number of aromatic amines is 1. The normalized spacial score (nSPS) is 10.0. The van der Waals surface area contributed by atoms with Gasteiger partial charge in [0.2, 0.25) is 5.88 Å². The van der Waals surface area contributed by atoms with E-state index >= 15 is 0 Å². The third-order valence-corrected chi connectivity index (χ3v) is 1.75. The van der Waals surface area contributed by atoms with Gasteiger partial charge in [-0.05, 0) is 0 Å². The molecule has 0 radical (unpaired) electrons. The fraction of sp³-hybridized carbons (Fsp3) is 0. The van der Waals surface area contributed by atoms with E-state index in [1.807, 2.05) is 0 Å². The van der Waals surface area contributed by atoms with Crippen molar-refractivity contribution in [2.75, 3.05) is 0 Å². The Labute approximate surface area is 103 Å². The van der Waals surface area contributed by atoms with Crippen molar-refractivity contribution in [1.29, 1.82) is 0 Å². The molecule has 0 fully saturated rings. The van der Waals surface area contributed by atoms with Crippen LogP contribution < -0.4 is 44.2 Å². The maximum atomic E-state index is 10.8. The van der Waals surface area contributed by atoms with Crippen LogP contribution in [0.2, 0.25) is 0 Å². The van der Waals surface area contributed by atoms with Crippen LogP contribution in [-0.4, -0.2) is 24.6 Å². The molecule has 0 bridgehead atoms. The predicted octanol–water partition coefficient (Wildman–Crippen LogP) is -4.18. The average Bonchev–Trinajstić information content (AvgIpc) is 2.34. The third kappa shape index (κ3) is 4.46. The first-order chi connectivity index (χ1) is 5.99. The number of nitrogens with zero attached hydrogens (tertiary/aromatic N) is 1. The van der Waals surface area contributed by atoms with E-state index in [4.69, 9.17) is 0 Å². The second kappa shape index (κ2) is 5.20. The molecular formula is C4H7N4NaO4S. The number of carbonyl (C=O) groups excluding carboxylic acids is 1. The Bertz CT molecular complexity index is 393. The van der Waals surface area contributed by atoms with Crippen molar-refractivity contribution >= 4 is 16.3 Å². The smallest absolute Gasteiger partial charge is 1.00 e. The number of urea groups is 1. The maximum Gasteiger partial charge on any atom is 1.00 e. The zero-order valence-corrected chi connectivity index (χ0v) is 10.0. The first-order valence-corrected chi connectivity index (χ1v) is 4.41. The maximum absolute atomic E-state index is 10.8. The molecule has 1 aromatic rings. The molecule has 0 aliphatic heterocycles. The number of nitrogens with two attached hydrogens (primary N) is 1. The molecule has 0 aromatic carbocycles. The molecule has 2 amide bonds. The number of carbonyl (C=O) groups is 1. The summed E-state index contributed by atoms with van der Waals surface area (Å²) in [7, 11) is -4.20. The second-order valence-corrected chi connectivity index (χ2v) is 3.20. The van der Waals surface area contributed by atoms with E-state index in [0.29, 0.717) is 0 Å². The van der Waals surface area contributed by atoms with Gasteiger partial charge < -0.3 is 11.3 Å². The molecule has 14 heavy (non-hydrogen) atoms. The summed E-state index contributed by atoms with van der Waals surface area (Å²) in [6, 6.07) is 0.0414. The minimum Gasteiger partial charge on any atom is -1.00 e. The van der Waals surface area contributed by atoms with Crippen LogP contribution in [-0.2, 0) is 10.3 Å². The van der Waals surface area contributed by atoms with Crippen LogP contribution in [0.15, 0.2) is 12.3 Å². The standard InChI is InChI=1S/C4H6N4O4S.Na.H/c5-4(9)8-13(10,11)12-3-1-2-6-7-3;;/h1-2H,(H,6,7)(H3,5,8,9);;/q;+1;-1. The second-order valence-electron chi connectivity index (χ2n) is 1.92. The van der Waals surface area contributed by atoms with Crippen molar-refractivity contribution in [2.45, 2.75) is 0 Å². The minimum absolute atomic E-state index is 0. The van der Waals surface area contributed by atoms with E-state index in [9.17, 15) is 13.2 Å². The fourth-order valence-electron chi connectivity index (χ4n) is 0.552. The summed E-state index contributed by atoms with van der Waals surface area (Å²) in [5.74, 6) is -0.117. The monoisotopic (exact) mass is 230 g/mol. The SMILES string of the molecule is NC(=O)NS(=O)(=O)Oc1ccn[nH]1.[H-].[Na+]. The Morgan fingerprint density at radius 1 is 1.71 bits per heavy atom. The number of H-pyrrole nitrogens is 1. The van der Waals surface area contributed by atoms with Crippen LogP contribution in [0.25, 0.3) is 0 Å². The largest absolute Gasteiger partial charge is 1.00 e. The number of amides is 2. The van der Waals surface area contributed by atoms with E-state index in [0.717, 1.165) is 0 Å². The Balaban J connectivity index is 0. The molecule has 1 rings (SSSR count). The molecule has 0 unspecified atom stereocenters. The molecule has 0 spiro atoms. The first kappa shape index (κ1) is 13.2. The average molecular weight is 230 g/mol. The van der Waals surface area contributed by atoms with E-state index in [-0.39, 0.29) is 36.9 Å². The minimum atomic E-state index is -4.20. The van der Waals surface area contributed by atoms with Gasteiger partial charge in [0.25, 0.3) is 0 Å². The summed E-state index contributed by atoms with van der Waals surface area (Å²) in [6.45, 7) is 0. The Morgan fingerprint density at radius 2 is 2.36 bits per heavy atom. The molecule has 74 valence electrons. The van der Waals surface area contributed by atoms with Crippen LogP contribution in [0.5, 0.6) is 5.88 Å². The van der Waals surface area contributed by atoms with Crippen molar-refractivity contribution in [3.8, 4) is 5.88 Å². The molecule has 0 atom stereocenters. The van der Waals surface area contributed by atoms with Gasteiger partial charge in [-0.25, -0.2) is 14.6 Å². The van der Waals surface area contributed by atoms with Gasteiger partial charge in [-0.15, -0.1) is 0 Å². The topological polar surface area (TPSA) is 127 Å². The van der Waals surface area contributed by atoms with Crippen molar-refractivity contribution in [2.24, 2.45) is 5.73 Å². The van der Waals surface area contributed by atoms with Gasteiger partial charge in [0.1, 0.15) is 0 Å². The number of primary amides is 1. The molecule has 8 nitrogen and oxygen atoms in total. The zero-order valence-electron chi connectivity index (χ0n) is 8.22. The molecule has 4 N–H and O–H groups in total. The predicted molar refractivity (Wildman–Crippen MR) is 42.0 cm³/mol. The Hall–Kier alpha value is -0.770. The van der Waals surface area contributed by atoms with Gasteiger partial charge in [0.05, 0.1) is 6.20 Å². The van der Waals surface area contributed by atoms with Crippen LogP contribution in [0.3, 0.4) is 0 Å². The van der Waals surface area contributed by atoms with E-state index < -0.39 is 16.3 Å². The van der Waals surface area contributed by atoms with Crippen LogP contribution in [0.4, 0.5) is 4.79 Å². The van der Waals surface area contributed by atoms with E-state index in [1.54, 1.807) is 0 Å². The summed E-state index contributed by atoms with van der Waals surface area (Å²) in [4.78, 5) is 10.2. The molecule has 0 aliphatic rings. The number of rotatable bonds is 3. The van der Waals surface area contributed by atoms with Crippen LogP contribution in [0, 0.1) is 0 Å². The molecule has 1 aromatic heterocycles. The summed E-state index contributed by atoms with van der Waals surface area (Å²) in [5, 5.41) is 5.65.